The molecule has 0 bridgehead atoms. The van der Waals surface area contributed by atoms with Crippen molar-refractivity contribution in [3.63, 3.8) is 0 Å². The molecule has 0 saturated carbocycles. The summed E-state index contributed by atoms with van der Waals surface area (Å²) in [7, 11) is 0. The summed E-state index contributed by atoms with van der Waals surface area (Å²) < 4.78 is 0. The third kappa shape index (κ3) is 4.15. The van der Waals surface area contributed by atoms with E-state index < -0.39 is 0 Å². The number of aryl methyl sites for hydroxylation is 3. The number of hydrogen-bond acceptors (Lipinski definition) is 3. The standard InChI is InChI=1S/C17H24N2S/c1-4-18-11-16(15-7-5-6-13(2)10-15)8-9-17-14(3)19-12-20-17/h5-7,10,12,16,18H,4,8-9,11H2,1-3H3. The summed E-state index contributed by atoms with van der Waals surface area (Å²) in [6.07, 6.45) is 2.31. The van der Waals surface area contributed by atoms with E-state index >= 15 is 0 Å². The van der Waals surface area contributed by atoms with Crippen molar-refractivity contribution < 1.29 is 0 Å². The van der Waals surface area contributed by atoms with Gasteiger partial charge in [-0.2, -0.15) is 0 Å². The van der Waals surface area contributed by atoms with Crippen molar-refractivity contribution in [1.29, 1.82) is 0 Å². The second-order valence-electron chi connectivity index (χ2n) is 5.32. The van der Waals surface area contributed by atoms with Crippen molar-refractivity contribution in [2.45, 2.75) is 39.5 Å². The zero-order valence-electron chi connectivity index (χ0n) is 12.6. The Kier molecular flexibility index (Phi) is 5.74. The van der Waals surface area contributed by atoms with Gasteiger partial charge in [0.05, 0.1) is 11.2 Å². The van der Waals surface area contributed by atoms with Crippen molar-refractivity contribution in [2.24, 2.45) is 0 Å². The minimum absolute atomic E-state index is 0.580. The van der Waals surface area contributed by atoms with Crippen molar-refractivity contribution in [1.82, 2.24) is 10.3 Å². The van der Waals surface area contributed by atoms with Gasteiger partial charge in [0.25, 0.3) is 0 Å². The van der Waals surface area contributed by atoms with E-state index in [4.69, 9.17) is 0 Å². The first-order valence-corrected chi connectivity index (χ1v) is 8.25. The molecule has 2 aromatic rings. The molecule has 1 aromatic carbocycles. The van der Waals surface area contributed by atoms with Crippen LogP contribution in [-0.2, 0) is 6.42 Å². The molecule has 3 heteroatoms. The van der Waals surface area contributed by atoms with Crippen LogP contribution in [0.3, 0.4) is 0 Å². The van der Waals surface area contributed by atoms with Crippen LogP contribution >= 0.6 is 11.3 Å². The fraction of sp³-hybridized carbons (Fsp3) is 0.471. The first-order valence-electron chi connectivity index (χ1n) is 7.37. The van der Waals surface area contributed by atoms with Gasteiger partial charge in [-0.1, -0.05) is 36.8 Å². The molecule has 0 aliphatic carbocycles. The third-order valence-electron chi connectivity index (χ3n) is 3.72. The average molecular weight is 288 g/mol. The fourth-order valence-electron chi connectivity index (χ4n) is 2.50. The number of rotatable bonds is 7. The summed E-state index contributed by atoms with van der Waals surface area (Å²) in [5.41, 5.74) is 5.95. The van der Waals surface area contributed by atoms with Crippen LogP contribution in [0.5, 0.6) is 0 Å². The number of nitrogens with one attached hydrogen (secondary N) is 1. The van der Waals surface area contributed by atoms with Crippen LogP contribution in [0, 0.1) is 13.8 Å². The van der Waals surface area contributed by atoms with Gasteiger partial charge >= 0.3 is 0 Å². The highest BCUT2D eigenvalue weighted by Crippen LogP contribution is 2.24. The highest BCUT2D eigenvalue weighted by molar-refractivity contribution is 7.09. The minimum Gasteiger partial charge on any atom is -0.316 e. The van der Waals surface area contributed by atoms with Gasteiger partial charge in [-0.15, -0.1) is 11.3 Å². The van der Waals surface area contributed by atoms with E-state index in [-0.39, 0.29) is 0 Å². The maximum atomic E-state index is 4.35. The summed E-state index contributed by atoms with van der Waals surface area (Å²) in [4.78, 5) is 5.78. The Morgan fingerprint density at radius 1 is 1.30 bits per heavy atom. The van der Waals surface area contributed by atoms with Crippen LogP contribution in [-0.4, -0.2) is 18.1 Å². The largest absolute Gasteiger partial charge is 0.316 e. The molecule has 2 nitrogen and oxygen atoms in total. The first-order chi connectivity index (χ1) is 9.70. The number of aromatic nitrogens is 1. The molecule has 20 heavy (non-hydrogen) atoms. The van der Waals surface area contributed by atoms with Gasteiger partial charge in [-0.25, -0.2) is 4.98 Å². The van der Waals surface area contributed by atoms with Gasteiger partial charge in [-0.05, 0) is 44.7 Å². The molecule has 0 aliphatic rings. The topological polar surface area (TPSA) is 24.9 Å². The Morgan fingerprint density at radius 3 is 2.80 bits per heavy atom. The predicted octanol–water partition coefficient (Wildman–Crippen LogP) is 4.09. The molecule has 0 spiro atoms. The zero-order valence-corrected chi connectivity index (χ0v) is 13.5. The Balaban J connectivity index is 2.05. The Bertz CT molecular complexity index is 533. The molecule has 1 aromatic heterocycles. The number of nitrogens with zero attached hydrogens (tertiary/aromatic N) is 1. The van der Waals surface area contributed by atoms with Gasteiger partial charge < -0.3 is 5.32 Å². The summed E-state index contributed by atoms with van der Waals surface area (Å²) >= 11 is 1.78. The van der Waals surface area contributed by atoms with Gasteiger partial charge in [0.15, 0.2) is 0 Å². The van der Waals surface area contributed by atoms with Crippen molar-refractivity contribution in [3.8, 4) is 0 Å². The highest BCUT2D eigenvalue weighted by Gasteiger charge is 2.13. The van der Waals surface area contributed by atoms with Gasteiger partial charge in [0.1, 0.15) is 0 Å². The highest BCUT2D eigenvalue weighted by atomic mass is 32.1. The lowest BCUT2D eigenvalue weighted by molar-refractivity contribution is 0.562. The normalized spacial score (nSPS) is 12.6. The van der Waals surface area contributed by atoms with Crippen LogP contribution in [0.2, 0.25) is 0 Å². The molecule has 0 saturated heterocycles. The second kappa shape index (κ2) is 7.55. The summed E-state index contributed by atoms with van der Waals surface area (Å²) in [5, 5.41) is 3.50. The van der Waals surface area contributed by atoms with Crippen molar-refractivity contribution in [2.75, 3.05) is 13.1 Å². The molecule has 1 atom stereocenters. The molecule has 2 rings (SSSR count). The SMILES string of the molecule is CCNCC(CCc1scnc1C)c1cccc(C)c1. The maximum Gasteiger partial charge on any atom is 0.0797 e. The predicted molar refractivity (Wildman–Crippen MR) is 87.6 cm³/mol. The van der Waals surface area contributed by atoms with Crippen LogP contribution in [0.15, 0.2) is 29.8 Å². The first kappa shape index (κ1) is 15.2. The molecule has 0 radical (unpaired) electrons. The Hall–Kier alpha value is -1.19. The van der Waals surface area contributed by atoms with Crippen molar-refractivity contribution in [3.05, 3.63) is 51.5 Å². The molecule has 0 amide bonds. The van der Waals surface area contributed by atoms with Gasteiger partial charge in [0.2, 0.25) is 0 Å². The lowest BCUT2D eigenvalue weighted by Crippen LogP contribution is -2.21. The molecule has 1 heterocycles. The van der Waals surface area contributed by atoms with E-state index in [0.717, 1.165) is 19.5 Å². The average Bonchev–Trinajstić information content (AvgIpc) is 2.84. The minimum atomic E-state index is 0.580. The fourth-order valence-corrected chi connectivity index (χ4v) is 3.30. The monoisotopic (exact) mass is 288 g/mol. The van der Waals surface area contributed by atoms with Gasteiger partial charge in [-0.3, -0.25) is 0 Å². The summed E-state index contributed by atoms with van der Waals surface area (Å²) in [6, 6.07) is 8.92. The van der Waals surface area contributed by atoms with Crippen molar-refractivity contribution >= 4 is 11.3 Å². The number of benzene rings is 1. The molecule has 0 aliphatic heterocycles. The summed E-state index contributed by atoms with van der Waals surface area (Å²) in [5.74, 6) is 0.580. The molecular weight excluding hydrogens is 264 g/mol. The lowest BCUT2D eigenvalue weighted by Gasteiger charge is -2.18. The molecular formula is C17H24N2S. The second-order valence-corrected chi connectivity index (χ2v) is 6.26. The molecule has 0 fully saturated rings. The Labute approximate surface area is 126 Å². The number of hydrogen-bond donors (Lipinski definition) is 1. The number of thiazole rings is 1. The molecule has 1 unspecified atom stereocenters. The van der Waals surface area contributed by atoms with Crippen LogP contribution in [0.4, 0.5) is 0 Å². The lowest BCUT2D eigenvalue weighted by atomic mass is 9.92. The Morgan fingerprint density at radius 2 is 2.15 bits per heavy atom. The quantitative estimate of drug-likeness (QED) is 0.830. The van der Waals surface area contributed by atoms with Crippen LogP contribution in [0.25, 0.3) is 0 Å². The van der Waals surface area contributed by atoms with E-state index in [1.54, 1.807) is 11.3 Å². The third-order valence-corrected chi connectivity index (χ3v) is 4.71. The molecule has 108 valence electrons. The van der Waals surface area contributed by atoms with E-state index in [0.29, 0.717) is 5.92 Å². The molecule has 1 N–H and O–H groups in total. The smallest absolute Gasteiger partial charge is 0.0797 e. The van der Waals surface area contributed by atoms with E-state index in [1.165, 1.54) is 28.1 Å². The number of likely N-dealkylation sites (N-methyl/N-ethyl adjacent to an activating group) is 1. The van der Waals surface area contributed by atoms with Crippen LogP contribution < -0.4 is 5.32 Å². The van der Waals surface area contributed by atoms with Crippen LogP contribution in [0.1, 0.15) is 41.0 Å². The summed E-state index contributed by atoms with van der Waals surface area (Å²) in [6.45, 7) is 8.53. The van der Waals surface area contributed by atoms with Gasteiger partial charge in [0, 0.05) is 11.4 Å². The van der Waals surface area contributed by atoms with E-state index in [1.807, 2.05) is 5.51 Å². The van der Waals surface area contributed by atoms with E-state index in [2.05, 4.69) is 55.3 Å². The maximum absolute atomic E-state index is 4.35. The zero-order chi connectivity index (χ0) is 14.4. The van der Waals surface area contributed by atoms with E-state index in [9.17, 15) is 0 Å².